The number of nitrogens with zero attached hydrogens (tertiary/aromatic N) is 4. The van der Waals surface area contributed by atoms with Crippen LogP contribution < -0.4 is 20.2 Å². The van der Waals surface area contributed by atoms with Crippen LogP contribution in [0.3, 0.4) is 0 Å². The number of Topliss-reactive ketones (excluding diaryl/α,β-unsaturated/α-hetero) is 1. The summed E-state index contributed by atoms with van der Waals surface area (Å²) in [5.74, 6) is 1.42. The summed E-state index contributed by atoms with van der Waals surface area (Å²) in [6, 6.07) is 19.9. The highest BCUT2D eigenvalue weighted by Gasteiger charge is 2.26. The van der Waals surface area contributed by atoms with Gasteiger partial charge in [-0.3, -0.25) is 4.79 Å². The third-order valence-corrected chi connectivity index (χ3v) is 10.7. The second-order valence-electron chi connectivity index (χ2n) is 15.6. The summed E-state index contributed by atoms with van der Waals surface area (Å²) in [7, 11) is 1.42. The number of nitriles is 1. The van der Waals surface area contributed by atoms with Gasteiger partial charge in [0.1, 0.15) is 38.3 Å². The summed E-state index contributed by atoms with van der Waals surface area (Å²) in [5, 5.41) is 23.5. The molecule has 5 rings (SSSR count). The van der Waals surface area contributed by atoms with Crippen molar-refractivity contribution >= 4 is 47.4 Å². The van der Waals surface area contributed by atoms with Gasteiger partial charge in [0.15, 0.2) is 11.5 Å². The molecule has 3 aromatic carbocycles. The molecule has 1 heterocycles. The molecule has 1 aromatic heterocycles. The molecule has 11 nitrogen and oxygen atoms in total. The molecule has 1 unspecified atom stereocenters. The fraction of sp³-hybridized carbons (Fsp3) is 0.422. The Labute approximate surface area is 353 Å². The SMILES string of the molecule is CC(=C1CCC1)c1ccc(NCCOCCCCCOc2c(Cl)cc(C(C)(C)c3ccc(OCc4cnc(N[N+](C)(O)S)nc4)cc3)cc2C#N)cc1C(=O)C(C)C. The number of ether oxygens (including phenoxy) is 3. The molecule has 0 saturated heterocycles. The fourth-order valence-corrected chi connectivity index (χ4v) is 6.97. The number of hydrogen-bond acceptors (Lipinski definition) is 11. The van der Waals surface area contributed by atoms with E-state index in [1.54, 1.807) is 12.4 Å². The van der Waals surface area contributed by atoms with Crippen molar-refractivity contribution in [1.82, 2.24) is 9.97 Å². The highest BCUT2D eigenvalue weighted by Crippen LogP contribution is 2.39. The average molecular weight is 828 g/mol. The van der Waals surface area contributed by atoms with Crippen molar-refractivity contribution in [2.24, 2.45) is 5.92 Å². The second kappa shape index (κ2) is 20.4. The zero-order valence-corrected chi connectivity index (χ0v) is 36.1. The number of unbranched alkanes of at least 4 members (excludes halogenated alkanes) is 2. The van der Waals surface area contributed by atoms with Gasteiger partial charge in [-0.15, -0.1) is 0 Å². The summed E-state index contributed by atoms with van der Waals surface area (Å²) in [6.45, 7) is 12.8. The van der Waals surface area contributed by atoms with Crippen LogP contribution in [0, 0.1) is 17.2 Å². The van der Waals surface area contributed by atoms with Crippen molar-refractivity contribution in [2.45, 2.75) is 85.2 Å². The Morgan fingerprint density at radius 1 is 0.983 bits per heavy atom. The first-order chi connectivity index (χ1) is 27.7. The maximum absolute atomic E-state index is 13.1. The summed E-state index contributed by atoms with van der Waals surface area (Å²) in [5.41, 5.74) is 10.7. The maximum atomic E-state index is 13.1. The van der Waals surface area contributed by atoms with E-state index in [1.807, 2.05) is 56.3 Å². The van der Waals surface area contributed by atoms with Gasteiger partial charge in [-0.25, -0.2) is 9.97 Å². The summed E-state index contributed by atoms with van der Waals surface area (Å²) < 4.78 is 17.1. The minimum Gasteiger partial charge on any atom is -0.491 e. The number of thiol groups is 1. The van der Waals surface area contributed by atoms with E-state index in [0.717, 1.165) is 65.6 Å². The van der Waals surface area contributed by atoms with Gasteiger partial charge in [0.25, 0.3) is 5.95 Å². The molecule has 13 heteroatoms. The molecule has 0 radical (unpaired) electrons. The standard InChI is InChI=1S/C45H56ClN6O5S/c1-30(2)42(53)40-25-37(15-18-39(40)31(3)33-11-10-12-33)48-19-22-55-20-8-7-9-21-56-43-34(26-47)23-36(24-41(43)46)45(4,5)35-13-16-38(17-14-35)57-29-32-27-49-44(50-28-32)51-52(6,54)58/h13-18,23-25,27-28,30,48,54,58H,7-12,19-22,29H2,1-6H3,(H,49,50,51)/q+1. The van der Waals surface area contributed by atoms with E-state index in [2.05, 4.69) is 72.5 Å². The second-order valence-corrected chi connectivity index (χ2v) is 16.8. The van der Waals surface area contributed by atoms with Gasteiger partial charge in [-0.1, -0.05) is 63.1 Å². The molecule has 58 heavy (non-hydrogen) atoms. The highest BCUT2D eigenvalue weighted by atomic mass is 35.5. The molecule has 1 aliphatic rings. The molecule has 1 saturated carbocycles. The number of ketones is 1. The Morgan fingerprint density at radius 3 is 2.33 bits per heavy atom. The predicted molar refractivity (Wildman–Crippen MR) is 232 cm³/mol. The Kier molecular flexibility index (Phi) is 15.6. The molecule has 0 spiro atoms. The highest BCUT2D eigenvalue weighted by molar-refractivity contribution is 7.74. The van der Waals surface area contributed by atoms with Crippen molar-refractivity contribution < 1.29 is 28.4 Å². The lowest BCUT2D eigenvalue weighted by Crippen LogP contribution is -2.36. The van der Waals surface area contributed by atoms with E-state index in [4.69, 9.17) is 25.8 Å². The number of quaternary nitrogens is 1. The largest absolute Gasteiger partial charge is 0.491 e. The maximum Gasteiger partial charge on any atom is 0.273 e. The van der Waals surface area contributed by atoms with E-state index < -0.39 is 9.58 Å². The van der Waals surface area contributed by atoms with E-state index in [9.17, 15) is 15.3 Å². The van der Waals surface area contributed by atoms with E-state index in [0.29, 0.717) is 48.5 Å². The summed E-state index contributed by atoms with van der Waals surface area (Å²) in [4.78, 5) is 21.4. The Morgan fingerprint density at radius 2 is 1.69 bits per heavy atom. The van der Waals surface area contributed by atoms with Gasteiger partial charge < -0.3 is 19.5 Å². The van der Waals surface area contributed by atoms with Crippen LogP contribution in [0.2, 0.25) is 5.02 Å². The number of carbonyl (C=O) groups is 1. The minimum absolute atomic E-state index is 0.0638. The molecule has 3 N–H and O–H groups in total. The predicted octanol–water partition coefficient (Wildman–Crippen LogP) is 10.4. The van der Waals surface area contributed by atoms with Crippen LogP contribution >= 0.6 is 24.4 Å². The monoisotopic (exact) mass is 827 g/mol. The van der Waals surface area contributed by atoms with Crippen LogP contribution in [-0.2, 0) is 16.8 Å². The smallest absolute Gasteiger partial charge is 0.273 e. The summed E-state index contributed by atoms with van der Waals surface area (Å²) >= 11 is 10.7. The molecule has 308 valence electrons. The lowest BCUT2D eigenvalue weighted by Gasteiger charge is -2.27. The number of nitrogens with one attached hydrogen (secondary N) is 2. The van der Waals surface area contributed by atoms with E-state index in [1.165, 1.54) is 24.6 Å². The Hall–Kier alpha value is -4.64. The molecular weight excluding hydrogens is 772 g/mol. The van der Waals surface area contributed by atoms with Crippen molar-refractivity contribution in [1.29, 1.82) is 5.26 Å². The number of hydroxylamine groups is 1. The number of hydrogen-bond donors (Lipinski definition) is 4. The van der Waals surface area contributed by atoms with Gasteiger partial charge in [-0.05, 0) is 108 Å². The first-order valence-corrected chi connectivity index (χ1v) is 20.6. The van der Waals surface area contributed by atoms with Gasteiger partial charge >= 0.3 is 0 Å². The van der Waals surface area contributed by atoms with E-state index in [-0.39, 0.29) is 24.3 Å². The van der Waals surface area contributed by atoms with Gasteiger partial charge in [0.2, 0.25) is 0 Å². The van der Waals surface area contributed by atoms with Crippen LogP contribution in [0.4, 0.5) is 11.6 Å². The lowest BCUT2D eigenvalue weighted by molar-refractivity contribution is -0.955. The lowest BCUT2D eigenvalue weighted by atomic mass is 9.77. The zero-order valence-electron chi connectivity index (χ0n) is 34.4. The number of rotatable bonds is 21. The third kappa shape index (κ3) is 12.2. The molecule has 4 aromatic rings. The Bertz CT molecular complexity index is 2090. The van der Waals surface area contributed by atoms with Gasteiger partial charge in [-0.2, -0.15) is 15.9 Å². The van der Waals surface area contributed by atoms with Crippen molar-refractivity contribution in [3.05, 3.63) is 111 Å². The van der Waals surface area contributed by atoms with Gasteiger partial charge in [0.05, 0.1) is 23.8 Å². The molecule has 1 aliphatic carbocycles. The Balaban J connectivity index is 1.03. The molecule has 0 amide bonds. The van der Waals surface area contributed by atoms with Crippen molar-refractivity contribution in [3.8, 4) is 17.6 Å². The number of halogens is 1. The van der Waals surface area contributed by atoms with Gasteiger partial charge in [0, 0.05) is 53.7 Å². The first-order valence-electron chi connectivity index (χ1n) is 19.9. The fourth-order valence-electron chi connectivity index (χ4n) is 6.60. The molecule has 1 fully saturated rings. The van der Waals surface area contributed by atoms with Crippen LogP contribution in [0.25, 0.3) is 5.57 Å². The van der Waals surface area contributed by atoms with Crippen molar-refractivity contribution in [2.75, 3.05) is 44.2 Å². The van der Waals surface area contributed by atoms with Crippen molar-refractivity contribution in [3.63, 3.8) is 0 Å². The number of aromatic nitrogens is 2. The van der Waals surface area contributed by atoms with Crippen LogP contribution in [-0.4, -0.2) is 58.5 Å². The molecular formula is C45H56ClN6O5S+. The van der Waals surface area contributed by atoms with Crippen LogP contribution in [0.15, 0.2) is 72.6 Å². The van der Waals surface area contributed by atoms with Crippen LogP contribution in [0.1, 0.15) is 111 Å². The minimum atomic E-state index is -0.792. The molecule has 0 aliphatic heterocycles. The summed E-state index contributed by atoms with van der Waals surface area (Å²) in [6.07, 6.45) is 9.31. The number of carbonyl (C=O) groups excluding carboxylic acids is 1. The number of benzene rings is 3. The number of anilines is 2. The molecule has 0 bridgehead atoms. The first kappa shape index (κ1) is 44.5. The average Bonchev–Trinajstić information content (AvgIpc) is 3.17. The van der Waals surface area contributed by atoms with Crippen LogP contribution in [0.5, 0.6) is 11.5 Å². The molecule has 1 atom stereocenters. The van der Waals surface area contributed by atoms with E-state index >= 15 is 0 Å². The normalized spacial score (nSPS) is 13.6. The number of allylic oxidation sites excluding steroid dienone is 2. The zero-order chi connectivity index (χ0) is 41.9. The third-order valence-electron chi connectivity index (χ3n) is 10.3. The topological polar surface area (TPSA) is 139 Å². The quantitative estimate of drug-likeness (QED) is 0.0211.